The lowest BCUT2D eigenvalue weighted by atomic mass is 9.84. The molecule has 4 aromatic rings. The van der Waals surface area contributed by atoms with Crippen LogP contribution in [-0.2, 0) is 32.0 Å². The van der Waals surface area contributed by atoms with Crippen LogP contribution in [0, 0.1) is 12.3 Å². The van der Waals surface area contributed by atoms with Crippen molar-refractivity contribution in [1.82, 2.24) is 25.0 Å². The molecule has 0 bridgehead atoms. The van der Waals surface area contributed by atoms with Crippen LogP contribution in [0.3, 0.4) is 0 Å². The van der Waals surface area contributed by atoms with Crippen molar-refractivity contribution in [1.29, 1.82) is 0 Å². The Bertz CT molecular complexity index is 1610. The molecule has 1 fully saturated rings. The summed E-state index contributed by atoms with van der Waals surface area (Å²) in [4.78, 5) is 33.7. The zero-order chi connectivity index (χ0) is 30.7. The first-order chi connectivity index (χ1) is 20.7. The number of thiazole rings is 1. The molecule has 2 atom stereocenters. The number of nitrogens with zero attached hydrogens (tertiary/aromatic N) is 4. The average Bonchev–Trinajstić information content (AvgIpc) is 3.59. The second-order valence-corrected chi connectivity index (χ2v) is 13.0. The maximum atomic E-state index is 13.0. The quantitative estimate of drug-likeness (QED) is 0.163. The highest BCUT2D eigenvalue weighted by Crippen LogP contribution is 2.41. The Balaban J connectivity index is 1.57. The summed E-state index contributed by atoms with van der Waals surface area (Å²) in [6.07, 6.45) is 4.38. The number of benzene rings is 1. The zero-order valence-corrected chi connectivity index (χ0v) is 26.7. The second-order valence-electron chi connectivity index (χ2n) is 11.9. The molecule has 4 heterocycles. The van der Waals surface area contributed by atoms with Crippen molar-refractivity contribution < 1.29 is 19.1 Å². The molecule has 0 spiro atoms. The first kappa shape index (κ1) is 30.8. The van der Waals surface area contributed by atoms with Gasteiger partial charge in [-0.3, -0.25) is 19.6 Å². The molecule has 1 aliphatic rings. The van der Waals surface area contributed by atoms with E-state index < -0.39 is 11.5 Å². The number of hydrogen-bond donors (Lipinski definition) is 1. The van der Waals surface area contributed by atoms with Crippen LogP contribution in [0.5, 0.6) is 0 Å². The minimum Gasteiger partial charge on any atom is -0.464 e. The van der Waals surface area contributed by atoms with Crippen molar-refractivity contribution in [3.8, 4) is 22.5 Å². The summed E-state index contributed by atoms with van der Waals surface area (Å²) in [5.41, 5.74) is 9.94. The topological polar surface area (TPSA) is 98.6 Å². The first-order valence-corrected chi connectivity index (χ1v) is 15.7. The van der Waals surface area contributed by atoms with Gasteiger partial charge in [0, 0.05) is 59.2 Å². The maximum Gasteiger partial charge on any atom is 0.324 e. The van der Waals surface area contributed by atoms with Gasteiger partial charge in [-0.25, -0.2) is 10.4 Å². The van der Waals surface area contributed by atoms with E-state index >= 15 is 0 Å². The molecule has 1 amide bonds. The van der Waals surface area contributed by atoms with Crippen molar-refractivity contribution >= 4 is 34.6 Å². The smallest absolute Gasteiger partial charge is 0.324 e. The van der Waals surface area contributed by atoms with Gasteiger partial charge in [0.2, 0.25) is 6.41 Å². The van der Waals surface area contributed by atoms with E-state index in [1.807, 2.05) is 26.1 Å². The number of ether oxygens (including phenoxy) is 2. The third-order valence-corrected chi connectivity index (χ3v) is 8.89. The number of fused-ring (bicyclic) bond motifs is 1. The fourth-order valence-corrected chi connectivity index (χ4v) is 6.52. The molecule has 10 heteroatoms. The van der Waals surface area contributed by atoms with Crippen LogP contribution in [0.15, 0.2) is 41.9 Å². The lowest BCUT2D eigenvalue weighted by Gasteiger charge is -2.31. The minimum atomic E-state index is -0.523. The highest BCUT2D eigenvalue weighted by atomic mass is 32.1. The van der Waals surface area contributed by atoms with Crippen molar-refractivity contribution in [2.24, 2.45) is 5.41 Å². The number of aromatic nitrogens is 3. The predicted octanol–water partition coefficient (Wildman–Crippen LogP) is 6.10. The fourth-order valence-electron chi connectivity index (χ4n) is 5.89. The van der Waals surface area contributed by atoms with Gasteiger partial charge < -0.3 is 14.0 Å². The lowest BCUT2D eigenvalue weighted by Crippen LogP contribution is -2.52. The number of methoxy groups -OCH3 is 1. The Kier molecular flexibility index (Phi) is 9.29. The third kappa shape index (κ3) is 6.51. The van der Waals surface area contributed by atoms with Crippen LogP contribution in [0.4, 0.5) is 0 Å². The molecule has 1 aromatic carbocycles. The van der Waals surface area contributed by atoms with E-state index in [-0.39, 0.29) is 18.7 Å². The van der Waals surface area contributed by atoms with Gasteiger partial charge >= 0.3 is 5.97 Å². The monoisotopic (exact) mass is 603 g/mol. The molecule has 1 N–H and O–H groups in total. The van der Waals surface area contributed by atoms with E-state index in [0.29, 0.717) is 25.8 Å². The number of amides is 1. The zero-order valence-electron chi connectivity index (χ0n) is 25.8. The Morgan fingerprint density at radius 2 is 2.12 bits per heavy atom. The molecule has 1 aliphatic heterocycles. The van der Waals surface area contributed by atoms with Gasteiger partial charge in [0.25, 0.3) is 0 Å². The highest BCUT2D eigenvalue weighted by molar-refractivity contribution is 7.09. The molecular formula is C33H41N5O4S. The Morgan fingerprint density at radius 1 is 1.30 bits per heavy atom. The third-order valence-electron chi connectivity index (χ3n) is 8.12. The maximum absolute atomic E-state index is 13.0. The molecule has 43 heavy (non-hydrogen) atoms. The molecule has 0 saturated carbocycles. The normalized spacial score (nSPS) is 16.4. The molecule has 228 valence electrons. The number of hydrazine groups is 1. The van der Waals surface area contributed by atoms with Gasteiger partial charge in [0.15, 0.2) is 0 Å². The predicted molar refractivity (Wildman–Crippen MR) is 169 cm³/mol. The summed E-state index contributed by atoms with van der Waals surface area (Å²) < 4.78 is 14.0. The molecule has 5 rings (SSSR count). The summed E-state index contributed by atoms with van der Waals surface area (Å²) in [7, 11) is 1.70. The van der Waals surface area contributed by atoms with Gasteiger partial charge in [-0.15, -0.1) is 11.3 Å². The molecule has 1 saturated heterocycles. The van der Waals surface area contributed by atoms with Gasteiger partial charge in [0.1, 0.15) is 6.04 Å². The van der Waals surface area contributed by atoms with E-state index in [0.717, 1.165) is 57.1 Å². The average molecular weight is 604 g/mol. The number of esters is 1. The number of pyridine rings is 1. The Labute approximate surface area is 257 Å². The summed E-state index contributed by atoms with van der Waals surface area (Å²) in [6, 6.07) is 10.1. The fraction of sp³-hybridized carbons (Fsp3) is 0.455. The lowest BCUT2D eigenvalue weighted by molar-refractivity contribution is -0.152. The van der Waals surface area contributed by atoms with Crippen LogP contribution in [0.1, 0.15) is 62.9 Å². The number of nitrogens with one attached hydrogen (secondary N) is 1. The van der Waals surface area contributed by atoms with Crippen LogP contribution >= 0.6 is 11.3 Å². The van der Waals surface area contributed by atoms with Gasteiger partial charge in [-0.1, -0.05) is 19.9 Å². The standard InChI is InChI=1S/C33H41N5O4S/c1-7-38-29-13-12-23(28-18-43-22(3)35-28)16-25(29)26(31(38)24-10-8-14-34-30(24)21(2)41-6)17-33(4,5)19-42-32(40)27-11-9-15-37(20-39)36-27/h8,10,12-14,16,18,20-21,27,36H,7,9,11,15,17,19H2,1-6H3/t21-,27-/m0/s1. The van der Waals surface area contributed by atoms with E-state index in [1.165, 1.54) is 10.6 Å². The van der Waals surface area contributed by atoms with E-state index in [9.17, 15) is 9.59 Å². The number of carbonyl (C=O) groups excluding carboxylic acids is 2. The Morgan fingerprint density at radius 3 is 2.81 bits per heavy atom. The van der Waals surface area contributed by atoms with Gasteiger partial charge in [0.05, 0.1) is 34.8 Å². The number of rotatable bonds is 11. The molecule has 0 radical (unpaired) electrons. The van der Waals surface area contributed by atoms with Crippen LogP contribution in [-0.4, -0.2) is 58.2 Å². The first-order valence-electron chi connectivity index (χ1n) is 14.9. The second kappa shape index (κ2) is 13.0. The highest BCUT2D eigenvalue weighted by Gasteiger charge is 2.31. The van der Waals surface area contributed by atoms with Gasteiger partial charge in [-0.05, 0) is 69.9 Å². The summed E-state index contributed by atoms with van der Waals surface area (Å²) in [5, 5.41) is 5.69. The van der Waals surface area contributed by atoms with Crippen molar-refractivity contribution in [3.05, 3.63) is 58.2 Å². The Hall–Kier alpha value is -3.60. The number of hydrogen-bond acceptors (Lipinski definition) is 8. The van der Waals surface area contributed by atoms with Crippen molar-refractivity contribution in [2.45, 2.75) is 72.6 Å². The van der Waals surface area contributed by atoms with Crippen molar-refractivity contribution in [2.75, 3.05) is 20.3 Å². The molecular weight excluding hydrogens is 562 g/mol. The van der Waals surface area contributed by atoms with E-state index in [1.54, 1.807) is 18.4 Å². The summed E-state index contributed by atoms with van der Waals surface area (Å²) in [5.74, 6) is -0.333. The largest absolute Gasteiger partial charge is 0.464 e. The summed E-state index contributed by atoms with van der Waals surface area (Å²) in [6.45, 7) is 12.0. The van der Waals surface area contributed by atoms with Crippen LogP contribution < -0.4 is 5.43 Å². The van der Waals surface area contributed by atoms with E-state index in [2.05, 4.69) is 60.4 Å². The molecule has 0 aliphatic carbocycles. The summed E-state index contributed by atoms with van der Waals surface area (Å²) >= 11 is 1.64. The molecule has 3 aromatic heterocycles. The van der Waals surface area contributed by atoms with Gasteiger partial charge in [-0.2, -0.15) is 0 Å². The van der Waals surface area contributed by atoms with E-state index in [4.69, 9.17) is 19.4 Å². The van der Waals surface area contributed by atoms with Crippen molar-refractivity contribution in [3.63, 3.8) is 0 Å². The van der Waals surface area contributed by atoms with Crippen LogP contribution in [0.2, 0.25) is 0 Å². The molecule has 0 unspecified atom stereocenters. The molecule has 9 nitrogen and oxygen atoms in total. The number of aryl methyl sites for hydroxylation is 2. The van der Waals surface area contributed by atoms with Crippen LogP contribution in [0.25, 0.3) is 33.4 Å². The number of carbonyl (C=O) groups is 2. The minimum absolute atomic E-state index is 0.191. The SMILES string of the molecule is CCn1c(-c2cccnc2[C@H](C)OC)c(CC(C)(C)COC(=O)[C@@H]2CCCN(C=O)N2)c2cc(-c3csc(C)n3)ccc21.